The molecule has 1 saturated carbocycles. The summed E-state index contributed by atoms with van der Waals surface area (Å²) < 4.78 is 0. The number of nitrogens with zero attached hydrogens (tertiary/aromatic N) is 2. The number of carbonyl (C=O) groups is 2. The third-order valence-electron chi connectivity index (χ3n) is 7.85. The van der Waals surface area contributed by atoms with Crippen LogP contribution in [0.25, 0.3) is 0 Å². The number of phenols is 1. The molecule has 1 spiro atoms. The summed E-state index contributed by atoms with van der Waals surface area (Å²) in [6.07, 6.45) is 5.58. The Morgan fingerprint density at radius 3 is 2.45 bits per heavy atom. The van der Waals surface area contributed by atoms with E-state index in [1.165, 1.54) is 0 Å². The zero-order valence-electron chi connectivity index (χ0n) is 19.3. The smallest absolute Gasteiger partial charge is 0.257 e. The lowest BCUT2D eigenvalue weighted by Gasteiger charge is -2.54. The van der Waals surface area contributed by atoms with E-state index in [4.69, 9.17) is 0 Å². The van der Waals surface area contributed by atoms with Crippen molar-refractivity contribution in [1.29, 1.82) is 0 Å². The molecule has 0 aromatic heterocycles. The number of amides is 2. The van der Waals surface area contributed by atoms with Crippen LogP contribution in [-0.2, 0) is 0 Å². The van der Waals surface area contributed by atoms with E-state index in [1.807, 2.05) is 48.2 Å². The summed E-state index contributed by atoms with van der Waals surface area (Å²) in [5, 5.41) is 13.3. The fourth-order valence-corrected chi connectivity index (χ4v) is 5.89. The summed E-state index contributed by atoms with van der Waals surface area (Å²) in [5.74, 6) is 0.0354. The summed E-state index contributed by atoms with van der Waals surface area (Å²) in [4.78, 5) is 29.7. The van der Waals surface area contributed by atoms with E-state index in [9.17, 15) is 14.7 Å². The average molecular weight is 448 g/mol. The van der Waals surface area contributed by atoms with Crippen molar-refractivity contribution in [3.63, 3.8) is 0 Å². The monoisotopic (exact) mass is 447 g/mol. The van der Waals surface area contributed by atoms with Crippen molar-refractivity contribution < 1.29 is 14.7 Å². The Morgan fingerprint density at radius 2 is 1.76 bits per heavy atom. The molecule has 6 heteroatoms. The van der Waals surface area contributed by atoms with Crippen LogP contribution in [0.4, 0.5) is 0 Å². The molecule has 2 aromatic rings. The second-order valence-electron chi connectivity index (χ2n) is 10.2. The van der Waals surface area contributed by atoms with Crippen LogP contribution in [0.2, 0.25) is 0 Å². The van der Waals surface area contributed by atoms with Gasteiger partial charge in [-0.3, -0.25) is 14.5 Å². The Labute approximate surface area is 195 Å². The summed E-state index contributed by atoms with van der Waals surface area (Å²) in [5.41, 5.74) is 2.32. The van der Waals surface area contributed by atoms with Crippen molar-refractivity contribution in [2.45, 2.75) is 51.1 Å². The second-order valence-corrected chi connectivity index (χ2v) is 10.2. The average Bonchev–Trinajstić information content (AvgIpc) is 3.26. The SMILES string of the molecule is Cc1ccc(C(=O)N2CC3(CCC(N4CC[C@H](NC(=O)c5ccccc5)C4)CC3)C2)c(O)c1. The summed E-state index contributed by atoms with van der Waals surface area (Å²) >= 11 is 0. The molecule has 2 saturated heterocycles. The Kier molecular flexibility index (Phi) is 5.87. The number of aromatic hydroxyl groups is 1. The van der Waals surface area contributed by atoms with Gasteiger partial charge in [0.2, 0.25) is 0 Å². The molecule has 2 aliphatic heterocycles. The third-order valence-corrected chi connectivity index (χ3v) is 7.85. The van der Waals surface area contributed by atoms with Gasteiger partial charge in [0.15, 0.2) is 0 Å². The van der Waals surface area contributed by atoms with E-state index in [1.54, 1.807) is 12.1 Å². The molecule has 33 heavy (non-hydrogen) atoms. The summed E-state index contributed by atoms with van der Waals surface area (Å²) in [6.45, 7) is 5.45. The fraction of sp³-hybridized carbons (Fsp3) is 0.481. The molecule has 6 nitrogen and oxygen atoms in total. The van der Waals surface area contributed by atoms with E-state index < -0.39 is 0 Å². The van der Waals surface area contributed by atoms with Gasteiger partial charge in [-0.15, -0.1) is 0 Å². The summed E-state index contributed by atoms with van der Waals surface area (Å²) in [6, 6.07) is 15.5. The first-order chi connectivity index (χ1) is 15.9. The van der Waals surface area contributed by atoms with E-state index in [0.717, 1.165) is 69.4 Å². The van der Waals surface area contributed by atoms with Gasteiger partial charge >= 0.3 is 0 Å². The third kappa shape index (κ3) is 4.49. The normalized spacial score (nSPS) is 22.8. The van der Waals surface area contributed by atoms with Crippen LogP contribution in [0, 0.1) is 12.3 Å². The van der Waals surface area contributed by atoms with Crippen LogP contribution in [0.1, 0.15) is 58.4 Å². The Bertz CT molecular complexity index is 1020. The molecule has 2 amide bonds. The van der Waals surface area contributed by atoms with Gasteiger partial charge in [0.25, 0.3) is 11.8 Å². The molecule has 2 N–H and O–H groups in total. The molecule has 3 aliphatic rings. The van der Waals surface area contributed by atoms with Gasteiger partial charge in [-0.1, -0.05) is 24.3 Å². The number of aryl methyl sites for hydroxylation is 1. The van der Waals surface area contributed by atoms with Crippen LogP contribution in [0.15, 0.2) is 48.5 Å². The molecular formula is C27H33N3O3. The first kappa shape index (κ1) is 22.0. The predicted molar refractivity (Wildman–Crippen MR) is 127 cm³/mol. The molecule has 0 radical (unpaired) electrons. The molecule has 1 aliphatic carbocycles. The molecule has 2 aromatic carbocycles. The predicted octanol–water partition coefficient (Wildman–Crippen LogP) is 3.59. The molecule has 5 rings (SSSR count). The van der Waals surface area contributed by atoms with Gasteiger partial charge in [-0.2, -0.15) is 0 Å². The Hall–Kier alpha value is -2.86. The minimum atomic E-state index is -0.0585. The number of benzene rings is 2. The van der Waals surface area contributed by atoms with E-state index in [-0.39, 0.29) is 29.0 Å². The van der Waals surface area contributed by atoms with Crippen LogP contribution in [-0.4, -0.2) is 65.0 Å². The van der Waals surface area contributed by atoms with E-state index in [0.29, 0.717) is 11.6 Å². The van der Waals surface area contributed by atoms with Crippen LogP contribution in [0.3, 0.4) is 0 Å². The van der Waals surface area contributed by atoms with Crippen molar-refractivity contribution in [2.24, 2.45) is 5.41 Å². The minimum Gasteiger partial charge on any atom is -0.507 e. The number of phenolic OH excluding ortho intramolecular Hbond substituents is 1. The lowest BCUT2D eigenvalue weighted by atomic mass is 9.67. The first-order valence-electron chi connectivity index (χ1n) is 12.1. The summed E-state index contributed by atoms with van der Waals surface area (Å²) in [7, 11) is 0. The molecule has 174 valence electrons. The zero-order chi connectivity index (χ0) is 23.0. The van der Waals surface area contributed by atoms with E-state index in [2.05, 4.69) is 10.2 Å². The van der Waals surface area contributed by atoms with Crippen LogP contribution >= 0.6 is 0 Å². The van der Waals surface area contributed by atoms with Gasteiger partial charge in [0, 0.05) is 49.2 Å². The van der Waals surface area contributed by atoms with Gasteiger partial charge in [0.05, 0.1) is 5.56 Å². The highest BCUT2D eigenvalue weighted by Crippen LogP contribution is 2.46. The number of likely N-dealkylation sites (tertiary alicyclic amines) is 2. The van der Waals surface area contributed by atoms with Gasteiger partial charge < -0.3 is 15.3 Å². The molecule has 1 atom stereocenters. The highest BCUT2D eigenvalue weighted by atomic mass is 16.3. The molecule has 0 unspecified atom stereocenters. The highest BCUT2D eigenvalue weighted by Gasteiger charge is 2.48. The standard InChI is InChI=1S/C27H33N3O3/c1-19-7-8-23(24(31)15-19)26(33)30-17-27(18-30)12-9-22(10-13-27)29-14-11-21(16-29)28-25(32)20-5-3-2-4-6-20/h2-8,15,21-22,31H,9-14,16-18H2,1H3,(H,28,32)/t21-/m0/s1. The van der Waals surface area contributed by atoms with E-state index >= 15 is 0 Å². The molecule has 2 heterocycles. The lowest BCUT2D eigenvalue weighted by molar-refractivity contribution is -0.0297. The molecule has 3 fully saturated rings. The maximum absolute atomic E-state index is 12.8. The number of hydrogen-bond donors (Lipinski definition) is 2. The van der Waals surface area contributed by atoms with Crippen molar-refractivity contribution in [3.8, 4) is 5.75 Å². The maximum atomic E-state index is 12.8. The highest BCUT2D eigenvalue weighted by molar-refractivity contribution is 5.97. The number of rotatable bonds is 4. The number of carbonyl (C=O) groups excluding carboxylic acids is 2. The van der Waals surface area contributed by atoms with Gasteiger partial charge in [-0.05, 0) is 68.9 Å². The van der Waals surface area contributed by atoms with Crippen molar-refractivity contribution in [1.82, 2.24) is 15.1 Å². The van der Waals surface area contributed by atoms with Crippen LogP contribution in [0.5, 0.6) is 5.75 Å². The molecular weight excluding hydrogens is 414 g/mol. The fourth-order valence-electron chi connectivity index (χ4n) is 5.89. The first-order valence-corrected chi connectivity index (χ1v) is 12.1. The van der Waals surface area contributed by atoms with Gasteiger partial charge in [0.1, 0.15) is 5.75 Å². The number of hydrogen-bond acceptors (Lipinski definition) is 4. The Balaban J connectivity index is 1.09. The van der Waals surface area contributed by atoms with Crippen molar-refractivity contribution in [3.05, 3.63) is 65.2 Å². The topological polar surface area (TPSA) is 72.9 Å². The second kappa shape index (κ2) is 8.82. The molecule has 0 bridgehead atoms. The lowest BCUT2D eigenvalue weighted by Crippen LogP contribution is -2.60. The Morgan fingerprint density at radius 1 is 1.03 bits per heavy atom. The van der Waals surface area contributed by atoms with Crippen molar-refractivity contribution >= 4 is 11.8 Å². The van der Waals surface area contributed by atoms with Crippen LogP contribution < -0.4 is 5.32 Å². The van der Waals surface area contributed by atoms with Crippen molar-refractivity contribution in [2.75, 3.05) is 26.2 Å². The van der Waals surface area contributed by atoms with Gasteiger partial charge in [-0.25, -0.2) is 0 Å². The quantitative estimate of drug-likeness (QED) is 0.751. The number of nitrogens with one attached hydrogen (secondary N) is 1. The minimum absolute atomic E-state index is 0.0175. The maximum Gasteiger partial charge on any atom is 0.257 e. The zero-order valence-corrected chi connectivity index (χ0v) is 19.3. The largest absolute Gasteiger partial charge is 0.507 e.